The quantitative estimate of drug-likeness (QED) is 0.507. The third-order valence-electron chi connectivity index (χ3n) is 5.92. The van der Waals surface area contributed by atoms with Gasteiger partial charge in [-0.25, -0.2) is 12.8 Å². The summed E-state index contributed by atoms with van der Waals surface area (Å²) in [4.78, 5) is 26.8. The number of benzene rings is 2. The van der Waals surface area contributed by atoms with Crippen LogP contribution in [0.25, 0.3) is 0 Å². The Balaban J connectivity index is 1.65. The minimum atomic E-state index is -3.61. The van der Waals surface area contributed by atoms with Crippen molar-refractivity contribution in [3.8, 4) is 0 Å². The monoisotopic (exact) mass is 489 g/mol. The van der Waals surface area contributed by atoms with Crippen LogP contribution in [0.4, 0.5) is 15.8 Å². The van der Waals surface area contributed by atoms with E-state index in [9.17, 15) is 22.4 Å². The molecule has 1 N–H and O–H groups in total. The highest BCUT2D eigenvalue weighted by Crippen LogP contribution is 2.27. The fraction of sp³-hybridized carbons (Fsp3) is 0.440. The highest BCUT2D eigenvalue weighted by Gasteiger charge is 2.35. The molecule has 1 atom stereocenters. The van der Waals surface area contributed by atoms with E-state index in [1.165, 1.54) is 45.6 Å². The molecule has 2 amide bonds. The number of nitrogens with one attached hydrogen (secondary N) is 1. The van der Waals surface area contributed by atoms with Crippen LogP contribution in [0.5, 0.6) is 0 Å². The maximum atomic E-state index is 13.2. The van der Waals surface area contributed by atoms with Gasteiger partial charge in [-0.15, -0.1) is 0 Å². The molecule has 1 saturated heterocycles. The maximum absolute atomic E-state index is 13.2. The number of unbranched alkanes of at least 4 members (excludes halogenated alkanes) is 2. The standard InChI is InChI=1S/C25H32FN3O4S/c1-3-5-15-28(16-6-4-2)34(32,33)23-13-9-21(10-14-23)27-25(31)19-17-24(30)29(18-19)22-11-7-20(26)8-12-22/h7-14,19H,3-6,15-18H2,1-2H3,(H,27,31)/t19-/m1/s1. The van der Waals surface area contributed by atoms with Gasteiger partial charge in [0.15, 0.2) is 0 Å². The Kier molecular flexibility index (Phi) is 8.79. The molecule has 0 saturated carbocycles. The largest absolute Gasteiger partial charge is 0.326 e. The van der Waals surface area contributed by atoms with Crippen molar-refractivity contribution in [3.63, 3.8) is 0 Å². The summed E-state index contributed by atoms with van der Waals surface area (Å²) >= 11 is 0. The fourth-order valence-electron chi connectivity index (χ4n) is 3.88. The van der Waals surface area contributed by atoms with E-state index in [4.69, 9.17) is 0 Å². The number of carbonyl (C=O) groups is 2. The molecule has 9 heteroatoms. The van der Waals surface area contributed by atoms with Gasteiger partial charge in [-0.2, -0.15) is 4.31 Å². The number of hydrogen-bond acceptors (Lipinski definition) is 4. The van der Waals surface area contributed by atoms with E-state index < -0.39 is 21.8 Å². The van der Waals surface area contributed by atoms with Crippen LogP contribution in [0.1, 0.15) is 46.0 Å². The lowest BCUT2D eigenvalue weighted by molar-refractivity contribution is -0.122. The highest BCUT2D eigenvalue weighted by molar-refractivity contribution is 7.89. The van der Waals surface area contributed by atoms with Crippen LogP contribution in [-0.4, -0.2) is 44.2 Å². The van der Waals surface area contributed by atoms with Gasteiger partial charge in [0.05, 0.1) is 10.8 Å². The second kappa shape index (κ2) is 11.6. The van der Waals surface area contributed by atoms with Crippen molar-refractivity contribution < 1.29 is 22.4 Å². The molecular weight excluding hydrogens is 457 g/mol. The van der Waals surface area contributed by atoms with Crippen molar-refractivity contribution in [2.45, 2.75) is 50.8 Å². The summed E-state index contributed by atoms with van der Waals surface area (Å²) in [5, 5.41) is 2.78. The zero-order valence-electron chi connectivity index (χ0n) is 19.7. The molecule has 7 nitrogen and oxygen atoms in total. The average Bonchev–Trinajstić information content (AvgIpc) is 3.21. The van der Waals surface area contributed by atoms with E-state index in [-0.39, 0.29) is 29.7 Å². The van der Waals surface area contributed by atoms with E-state index >= 15 is 0 Å². The van der Waals surface area contributed by atoms with Crippen molar-refractivity contribution in [2.75, 3.05) is 29.9 Å². The Morgan fingerprint density at radius 3 is 2.18 bits per heavy atom. The van der Waals surface area contributed by atoms with Gasteiger partial charge in [-0.3, -0.25) is 9.59 Å². The van der Waals surface area contributed by atoms with Gasteiger partial charge in [0.25, 0.3) is 0 Å². The van der Waals surface area contributed by atoms with E-state index in [1.54, 1.807) is 12.1 Å². The molecule has 34 heavy (non-hydrogen) atoms. The second-order valence-electron chi connectivity index (χ2n) is 8.51. The van der Waals surface area contributed by atoms with Crippen LogP contribution in [0, 0.1) is 11.7 Å². The summed E-state index contributed by atoms with van der Waals surface area (Å²) in [6.07, 6.45) is 3.47. The molecule has 1 heterocycles. The van der Waals surface area contributed by atoms with E-state index in [2.05, 4.69) is 5.32 Å². The molecular formula is C25H32FN3O4S. The lowest BCUT2D eigenvalue weighted by Gasteiger charge is -2.22. The van der Waals surface area contributed by atoms with Crippen molar-refractivity contribution >= 4 is 33.2 Å². The Labute approximate surface area is 201 Å². The average molecular weight is 490 g/mol. The zero-order valence-corrected chi connectivity index (χ0v) is 20.5. The number of nitrogens with zero attached hydrogens (tertiary/aromatic N) is 2. The van der Waals surface area contributed by atoms with Crippen molar-refractivity contribution in [1.82, 2.24) is 4.31 Å². The first-order chi connectivity index (χ1) is 16.3. The van der Waals surface area contributed by atoms with E-state index in [0.29, 0.717) is 24.5 Å². The van der Waals surface area contributed by atoms with Gasteiger partial charge >= 0.3 is 0 Å². The molecule has 0 spiro atoms. The molecule has 0 aliphatic carbocycles. The van der Waals surface area contributed by atoms with Crippen LogP contribution in [0.2, 0.25) is 0 Å². The third kappa shape index (κ3) is 6.21. The lowest BCUT2D eigenvalue weighted by atomic mass is 10.1. The predicted octanol–water partition coefficient (Wildman–Crippen LogP) is 4.41. The predicted molar refractivity (Wildman–Crippen MR) is 131 cm³/mol. The SMILES string of the molecule is CCCCN(CCCC)S(=O)(=O)c1ccc(NC(=O)[C@@H]2CC(=O)N(c3ccc(F)cc3)C2)cc1. The van der Waals surface area contributed by atoms with Gasteiger partial charge in [-0.1, -0.05) is 26.7 Å². The number of carbonyl (C=O) groups excluding carboxylic acids is 2. The van der Waals surface area contributed by atoms with E-state index in [0.717, 1.165) is 25.7 Å². The number of amides is 2. The molecule has 3 rings (SSSR count). The first-order valence-corrected chi connectivity index (χ1v) is 13.2. The van der Waals surface area contributed by atoms with Gasteiger partial charge in [0.1, 0.15) is 5.82 Å². The number of hydrogen-bond donors (Lipinski definition) is 1. The maximum Gasteiger partial charge on any atom is 0.243 e. The molecule has 184 valence electrons. The van der Waals surface area contributed by atoms with Crippen molar-refractivity contribution in [3.05, 3.63) is 54.3 Å². The second-order valence-corrected chi connectivity index (χ2v) is 10.4. The molecule has 0 aromatic heterocycles. The molecule has 0 bridgehead atoms. The molecule has 1 aliphatic heterocycles. The van der Waals surface area contributed by atoms with Crippen LogP contribution >= 0.6 is 0 Å². The Morgan fingerprint density at radius 2 is 1.62 bits per heavy atom. The first-order valence-electron chi connectivity index (χ1n) is 11.7. The van der Waals surface area contributed by atoms with Crippen molar-refractivity contribution in [1.29, 1.82) is 0 Å². The normalized spacial score (nSPS) is 16.3. The number of rotatable bonds is 11. The van der Waals surface area contributed by atoms with Crippen molar-refractivity contribution in [2.24, 2.45) is 5.92 Å². The van der Waals surface area contributed by atoms with Gasteiger partial charge in [0.2, 0.25) is 21.8 Å². The minimum absolute atomic E-state index is 0.0550. The Morgan fingerprint density at radius 1 is 1.03 bits per heavy atom. The fourth-order valence-corrected chi connectivity index (χ4v) is 5.40. The van der Waals surface area contributed by atoms with Crippen LogP contribution < -0.4 is 10.2 Å². The molecule has 1 fully saturated rings. The lowest BCUT2D eigenvalue weighted by Crippen LogP contribution is -2.33. The molecule has 0 unspecified atom stereocenters. The van der Waals surface area contributed by atoms with Gasteiger partial charge in [0, 0.05) is 37.4 Å². The topological polar surface area (TPSA) is 86.8 Å². The summed E-state index contributed by atoms with van der Waals surface area (Å²) in [7, 11) is -3.61. The summed E-state index contributed by atoms with van der Waals surface area (Å²) in [5.41, 5.74) is 1.01. The van der Waals surface area contributed by atoms with Gasteiger partial charge in [-0.05, 0) is 61.4 Å². The number of anilines is 2. The summed E-state index contributed by atoms with van der Waals surface area (Å²) in [6.45, 7) is 5.22. The molecule has 2 aromatic rings. The highest BCUT2D eigenvalue weighted by atomic mass is 32.2. The van der Waals surface area contributed by atoms with Crippen LogP contribution in [0.15, 0.2) is 53.4 Å². The number of sulfonamides is 1. The Hall–Kier alpha value is -2.78. The Bertz CT molecular complexity index is 1080. The van der Waals surface area contributed by atoms with Crippen LogP contribution in [0.3, 0.4) is 0 Å². The zero-order chi connectivity index (χ0) is 24.7. The molecule has 0 radical (unpaired) electrons. The third-order valence-corrected chi connectivity index (χ3v) is 7.83. The summed E-state index contributed by atoms with van der Waals surface area (Å²) in [6, 6.07) is 11.7. The van der Waals surface area contributed by atoms with Crippen LogP contribution in [-0.2, 0) is 19.6 Å². The first kappa shape index (κ1) is 25.8. The van der Waals surface area contributed by atoms with Gasteiger partial charge < -0.3 is 10.2 Å². The van der Waals surface area contributed by atoms with E-state index in [1.807, 2.05) is 13.8 Å². The summed E-state index contributed by atoms with van der Waals surface area (Å²) < 4.78 is 40.9. The number of halogens is 1. The molecule has 2 aromatic carbocycles. The minimum Gasteiger partial charge on any atom is -0.326 e. The molecule has 1 aliphatic rings. The summed E-state index contributed by atoms with van der Waals surface area (Å²) in [5.74, 6) is -1.47. The smallest absolute Gasteiger partial charge is 0.243 e.